The summed E-state index contributed by atoms with van der Waals surface area (Å²) in [7, 11) is 2.14. The molecule has 19 heteroatoms. The van der Waals surface area contributed by atoms with Crippen LogP contribution in [-0.4, -0.2) is 190 Å². The number of amides is 3. The number of nitrogens with one attached hydrogen (secondary N) is 3. The van der Waals surface area contributed by atoms with Crippen LogP contribution in [0.1, 0.15) is 64.2 Å². The quantitative estimate of drug-likeness (QED) is 0.0412. The predicted octanol–water partition coefficient (Wildman–Crippen LogP) is -1.53. The molecule has 4 saturated heterocycles. The molecule has 4 heterocycles. The second-order valence-electron chi connectivity index (χ2n) is 15.8. The van der Waals surface area contributed by atoms with Gasteiger partial charge in [-0.1, -0.05) is 12.8 Å². The van der Waals surface area contributed by atoms with E-state index in [1.165, 1.54) is 0 Å². The third kappa shape index (κ3) is 8.43. The van der Waals surface area contributed by atoms with Crippen molar-refractivity contribution in [2.75, 3.05) is 92.1 Å². The lowest BCUT2D eigenvalue weighted by Gasteiger charge is -2.49. The van der Waals surface area contributed by atoms with Gasteiger partial charge in [0.15, 0.2) is 25.4 Å². The number of carboxylic acid groups (broad SMARTS) is 4. The van der Waals surface area contributed by atoms with E-state index < -0.39 is 47.9 Å². The summed E-state index contributed by atoms with van der Waals surface area (Å²) in [4.78, 5) is 84.7. The van der Waals surface area contributed by atoms with Crippen LogP contribution >= 0.6 is 0 Å². The molecule has 1 spiro atoms. The zero-order valence-corrected chi connectivity index (χ0v) is 30.9. The molecule has 0 aromatic heterocycles. The number of rotatable bonds is 24. The monoisotopic (exact) mass is 756 g/mol. The fourth-order valence-corrected chi connectivity index (χ4v) is 10.6. The Hall–Kier alpha value is -3.91. The minimum atomic E-state index is -1.20. The van der Waals surface area contributed by atoms with Crippen LogP contribution in [0.4, 0.5) is 4.79 Å². The largest absolute Gasteiger partial charge is 0.482 e. The molecule has 7 atom stereocenters. The average Bonchev–Trinajstić information content (AvgIpc) is 3.69. The number of urea groups is 1. The summed E-state index contributed by atoms with van der Waals surface area (Å²) < 4.78 is 1.71. The normalized spacial score (nSPS) is 30.5. The predicted molar refractivity (Wildman–Crippen MR) is 186 cm³/mol. The van der Waals surface area contributed by atoms with E-state index in [0.29, 0.717) is 95.6 Å². The number of aliphatic carboxylic acids is 4. The van der Waals surface area contributed by atoms with E-state index in [9.17, 15) is 48.9 Å². The number of ketones is 1. The van der Waals surface area contributed by atoms with Crippen LogP contribution in [-0.2, 0) is 28.8 Å². The Bertz CT molecular complexity index is 1410. The number of nitrogens with zero attached hydrogens (tertiary/aromatic N) is 4. The lowest BCUT2D eigenvalue weighted by Crippen LogP contribution is -2.85. The molecule has 2 unspecified atom stereocenters. The minimum Gasteiger partial charge on any atom is -0.481 e. The van der Waals surface area contributed by atoms with Gasteiger partial charge in [-0.05, 0) is 38.5 Å². The Morgan fingerprint density at radius 2 is 1.15 bits per heavy atom. The second kappa shape index (κ2) is 17.0. The summed E-state index contributed by atoms with van der Waals surface area (Å²) in [5, 5.41) is 45.7. The zero-order valence-electron chi connectivity index (χ0n) is 30.9. The third-order valence-electron chi connectivity index (χ3n) is 12.4. The number of hydrogen-bond acceptors (Lipinski definition) is 8. The molecule has 0 aliphatic carbocycles. The molecular formula is C34H60N8O11+4. The van der Waals surface area contributed by atoms with Crippen molar-refractivity contribution in [3.05, 3.63) is 0 Å². The van der Waals surface area contributed by atoms with Gasteiger partial charge < -0.3 is 42.1 Å². The van der Waals surface area contributed by atoms with Gasteiger partial charge in [0.2, 0.25) is 5.91 Å². The maximum absolute atomic E-state index is 13.7. The molecule has 4 aliphatic rings. The highest BCUT2D eigenvalue weighted by Crippen LogP contribution is 2.61. The van der Waals surface area contributed by atoms with Crippen molar-refractivity contribution in [3.8, 4) is 0 Å². The summed E-state index contributed by atoms with van der Waals surface area (Å²) in [5.41, 5.74) is 6.10. The number of carbonyl (C=O) groups excluding carboxylic acids is 3. The molecule has 0 saturated carbocycles. The molecule has 0 bridgehead atoms. The average molecular weight is 757 g/mol. The number of carboxylic acids is 4. The van der Waals surface area contributed by atoms with Gasteiger partial charge in [-0.25, -0.2) is 19.2 Å². The molecule has 4 aliphatic heterocycles. The molecule has 4 fully saturated rings. The van der Waals surface area contributed by atoms with Crippen molar-refractivity contribution in [3.63, 3.8) is 0 Å². The highest BCUT2D eigenvalue weighted by Gasteiger charge is 2.98. The fraction of sp³-hybridized carbons (Fsp3) is 0.794. The van der Waals surface area contributed by atoms with Gasteiger partial charge >= 0.3 is 35.8 Å². The lowest BCUT2D eigenvalue weighted by atomic mass is 10.0. The molecule has 3 amide bonds. The number of likely N-dealkylation sites (N-methyl/N-ethyl adjacent to an activating group) is 1. The number of carbonyl (C=O) groups is 7. The van der Waals surface area contributed by atoms with E-state index in [1.54, 1.807) is 0 Å². The molecule has 0 aromatic rings. The Morgan fingerprint density at radius 3 is 1.70 bits per heavy atom. The molecule has 0 radical (unpaired) electrons. The molecule has 4 rings (SSSR count). The van der Waals surface area contributed by atoms with Gasteiger partial charge in [0.25, 0.3) is 0 Å². The van der Waals surface area contributed by atoms with Gasteiger partial charge in [-0.2, -0.15) is 8.97 Å². The lowest BCUT2D eigenvalue weighted by molar-refractivity contribution is -1.36. The van der Waals surface area contributed by atoms with E-state index in [0.717, 1.165) is 19.6 Å². The smallest absolute Gasteiger partial charge is 0.481 e. The van der Waals surface area contributed by atoms with Crippen molar-refractivity contribution >= 4 is 41.6 Å². The first-order valence-corrected chi connectivity index (χ1v) is 18.9. The topological polar surface area (TPSA) is 263 Å². The zero-order chi connectivity index (χ0) is 39.1. The molecule has 0 aromatic carbocycles. The van der Waals surface area contributed by atoms with E-state index in [2.05, 4.69) is 23.0 Å². The number of hydrogen-bond donors (Lipinski definition) is 8. The van der Waals surface area contributed by atoms with Crippen molar-refractivity contribution in [1.29, 1.82) is 0 Å². The highest BCUT2D eigenvalue weighted by atomic mass is 16.4. The number of Topliss-reactive ketones (excluding diaryl/α,β-unsaturated/α-hetero) is 1. The SMILES string of the molecule is C[N+]12CC[N+]3(CC(=O)O)CC[N@+]4(CC(=O)O)CC[N@+](CC(=O)CCCCC[C@@H](N)C(=O)NCCCC[C@H](NC(=O)NCCCC(=O)O)C(=O)O)(CC1)[C@@]234. The van der Waals surface area contributed by atoms with Crippen LogP contribution in [0.15, 0.2) is 0 Å². The van der Waals surface area contributed by atoms with Gasteiger partial charge in [-0.3, -0.25) is 14.4 Å². The van der Waals surface area contributed by atoms with E-state index >= 15 is 0 Å². The Labute approximate surface area is 309 Å². The Balaban J connectivity index is 1.18. The van der Waals surface area contributed by atoms with Crippen molar-refractivity contribution in [1.82, 2.24) is 16.0 Å². The van der Waals surface area contributed by atoms with Crippen LogP contribution in [0.2, 0.25) is 0 Å². The van der Waals surface area contributed by atoms with Crippen LogP contribution in [0.3, 0.4) is 0 Å². The Kier molecular flexibility index (Phi) is 13.5. The van der Waals surface area contributed by atoms with Crippen LogP contribution in [0.25, 0.3) is 0 Å². The van der Waals surface area contributed by atoms with Crippen molar-refractivity contribution in [2.45, 2.75) is 82.2 Å². The minimum absolute atomic E-state index is 0.0713. The maximum Gasteiger partial charge on any atom is 0.482 e. The molecule has 298 valence electrons. The van der Waals surface area contributed by atoms with Gasteiger partial charge in [0.05, 0.1) is 13.1 Å². The third-order valence-corrected chi connectivity index (χ3v) is 12.4. The standard InChI is InChI=1S/C34H56N8O11/c1-39-14-16-40(18-19-42(24-30(48)49)21-20-41(17-15-39,23-29(46)47)34(39,40)42)22-25(43)8-3-2-4-9-26(35)31(50)36-12-6-5-10-27(32(51)52)38-33(53)37-13-7-11-28(44)45/h26-27H,2-24,35H2,1H3,(H3-4,36,37,38,44,45,46,47,48,49,50,51,52,53)/p+4/t26-,27+,34+,39?,40+,41?,42+/m1/s1. The van der Waals surface area contributed by atoms with Crippen LogP contribution < -0.4 is 21.7 Å². The van der Waals surface area contributed by atoms with Crippen LogP contribution in [0.5, 0.6) is 0 Å². The van der Waals surface area contributed by atoms with E-state index in [4.69, 9.17) is 10.8 Å². The summed E-state index contributed by atoms with van der Waals surface area (Å²) in [6, 6.07) is -2.57. The number of quaternary nitrogens is 4. The fourth-order valence-electron chi connectivity index (χ4n) is 10.6. The number of unbranched alkanes of at least 4 members (excludes halogenated alkanes) is 3. The molecular weight excluding hydrogens is 696 g/mol. The van der Waals surface area contributed by atoms with Crippen molar-refractivity contribution < 1.29 is 71.9 Å². The summed E-state index contributed by atoms with van der Waals surface area (Å²) in [6.45, 7) is 5.89. The van der Waals surface area contributed by atoms with E-state index in [-0.39, 0.29) is 63.7 Å². The van der Waals surface area contributed by atoms with Gasteiger partial charge in [0, 0.05) is 25.9 Å². The summed E-state index contributed by atoms with van der Waals surface area (Å²) >= 11 is 0. The van der Waals surface area contributed by atoms with Crippen LogP contribution in [0, 0.1) is 0 Å². The molecule has 9 N–H and O–H groups in total. The van der Waals surface area contributed by atoms with Crippen molar-refractivity contribution in [2.24, 2.45) is 5.73 Å². The maximum atomic E-state index is 13.7. The Morgan fingerprint density at radius 1 is 0.623 bits per heavy atom. The van der Waals surface area contributed by atoms with E-state index in [1.807, 2.05) is 0 Å². The highest BCUT2D eigenvalue weighted by molar-refractivity contribution is 5.82. The summed E-state index contributed by atoms with van der Waals surface area (Å²) in [5.74, 6) is -4.93. The second-order valence-corrected chi connectivity index (χ2v) is 15.8. The van der Waals surface area contributed by atoms with Gasteiger partial charge in [0.1, 0.15) is 58.4 Å². The first kappa shape index (κ1) is 41.8. The van der Waals surface area contributed by atoms with Gasteiger partial charge in [-0.15, -0.1) is 8.97 Å². The number of nitrogens with two attached hydrogens (primary N) is 1. The molecule has 53 heavy (non-hydrogen) atoms. The molecule has 19 nitrogen and oxygen atoms in total. The first-order valence-electron chi connectivity index (χ1n) is 18.9. The first-order chi connectivity index (χ1) is 25.0. The summed E-state index contributed by atoms with van der Waals surface area (Å²) in [6.07, 6.45) is 3.86.